The van der Waals surface area contributed by atoms with E-state index >= 15 is 0 Å². The van der Waals surface area contributed by atoms with Crippen LogP contribution in [0.25, 0.3) is 0 Å². The number of carbonyl (C=O) groups excluding carboxylic acids is 2. The Hall–Kier alpha value is -2.85. The van der Waals surface area contributed by atoms with E-state index in [0.717, 1.165) is 21.5 Å². The molecule has 0 saturated heterocycles. The van der Waals surface area contributed by atoms with E-state index in [1.165, 1.54) is 0 Å². The second kappa shape index (κ2) is 9.45. The van der Waals surface area contributed by atoms with E-state index in [0.29, 0.717) is 11.9 Å². The minimum absolute atomic E-state index is 0.507. The predicted octanol–water partition coefficient (Wildman–Crippen LogP) is -3.74. The number of guanidine groups is 1. The molecular weight excluding hydrogens is 394 g/mol. The number of nitrogens with one attached hydrogen (secondary N) is 1. The smallest absolute Gasteiger partial charge is 0.449 e. The molecule has 0 unspecified atom stereocenters. The van der Waals surface area contributed by atoms with Crippen LogP contribution in [0.3, 0.4) is 0 Å². The van der Waals surface area contributed by atoms with Crippen LogP contribution in [0, 0.1) is 13.8 Å². The fraction of sp³-hybridized carbons (Fsp3) is 0.133. The molecule has 1 heterocycles. The van der Waals surface area contributed by atoms with Crippen LogP contribution in [-0.4, -0.2) is 27.9 Å². The first-order valence-electron chi connectivity index (χ1n) is 6.91. The molecule has 5 N–H and O–H groups in total. The monoisotopic (exact) mass is 409 g/mol. The summed E-state index contributed by atoms with van der Waals surface area (Å²) in [4.78, 5) is 29.6. The Bertz CT molecular complexity index is 761. The molecule has 0 atom stereocenters. The molecule has 0 amide bonds. The number of aryl methyl sites for hydroxylation is 2. The lowest BCUT2D eigenvalue weighted by Crippen LogP contribution is -2.98. The van der Waals surface area contributed by atoms with Crippen molar-refractivity contribution in [1.82, 2.24) is 9.97 Å². The van der Waals surface area contributed by atoms with Crippen molar-refractivity contribution in [3.8, 4) is 0 Å². The van der Waals surface area contributed by atoms with Gasteiger partial charge < -0.3 is 19.8 Å². The van der Waals surface area contributed by atoms with Gasteiger partial charge in [0.15, 0.2) is 0 Å². The molecule has 0 aliphatic rings. The fourth-order valence-corrected chi connectivity index (χ4v) is 1.96. The van der Waals surface area contributed by atoms with Gasteiger partial charge in [0.2, 0.25) is 0 Å². The highest BCUT2D eigenvalue weighted by Crippen LogP contribution is 2.09. The molecule has 9 nitrogen and oxygen atoms in total. The van der Waals surface area contributed by atoms with Gasteiger partial charge in [0.25, 0.3) is 0 Å². The summed E-state index contributed by atoms with van der Waals surface area (Å²) >= 11 is 3.39. The van der Waals surface area contributed by atoms with E-state index in [-0.39, 0.29) is 0 Å². The molecule has 1 aromatic heterocycles. The zero-order chi connectivity index (χ0) is 19.0. The van der Waals surface area contributed by atoms with Gasteiger partial charge in [-0.1, -0.05) is 15.9 Å². The average molecular weight is 410 g/mol. The van der Waals surface area contributed by atoms with Crippen LogP contribution in [0.2, 0.25) is 0 Å². The third-order valence-corrected chi connectivity index (χ3v) is 3.11. The third kappa shape index (κ3) is 7.99. The Balaban J connectivity index is 0.000000450. The van der Waals surface area contributed by atoms with Crippen molar-refractivity contribution in [1.29, 1.82) is 0 Å². The first-order chi connectivity index (χ1) is 11.7. The van der Waals surface area contributed by atoms with Gasteiger partial charge in [-0.05, 0) is 44.2 Å². The third-order valence-electron chi connectivity index (χ3n) is 2.58. The minimum atomic E-state index is -2.19. The van der Waals surface area contributed by atoms with Gasteiger partial charge in [-0.3, -0.25) is 0 Å². The number of hydrogen-bond acceptors (Lipinski definition) is 6. The van der Waals surface area contributed by atoms with Gasteiger partial charge in [0.05, 0.1) is 11.9 Å². The molecule has 0 saturated carbocycles. The topological polar surface area (TPSA) is 163 Å². The summed E-state index contributed by atoms with van der Waals surface area (Å²) in [6, 6.07) is 9.70. The maximum Gasteiger partial charge on any atom is 0.449 e. The first kappa shape index (κ1) is 20.2. The zero-order valence-corrected chi connectivity index (χ0v) is 15.0. The molecule has 0 fully saturated rings. The van der Waals surface area contributed by atoms with E-state index in [2.05, 4.69) is 30.9 Å². The number of nitrogens with zero attached hydrogens (tertiary/aromatic N) is 2. The quantitative estimate of drug-likeness (QED) is 0.260. The normalized spacial score (nSPS) is 10.6. The number of carbonyl (C=O) groups is 2. The molecule has 2 aromatic rings. The lowest BCUT2D eigenvalue weighted by atomic mass is 10.3. The number of aromatic nitrogens is 2. The van der Waals surface area contributed by atoms with Crippen LogP contribution in [0.4, 0.5) is 11.6 Å². The van der Waals surface area contributed by atoms with Crippen LogP contribution >= 0.6 is 15.9 Å². The zero-order valence-electron chi connectivity index (χ0n) is 13.4. The minimum Gasteiger partial charge on any atom is -0.543 e. The van der Waals surface area contributed by atoms with Crippen molar-refractivity contribution >= 4 is 45.5 Å². The first-order valence-corrected chi connectivity index (χ1v) is 7.71. The Morgan fingerprint density at radius 3 is 2.00 bits per heavy atom. The maximum atomic E-state index is 8.93. The molecule has 25 heavy (non-hydrogen) atoms. The van der Waals surface area contributed by atoms with Crippen molar-refractivity contribution < 1.29 is 30.1 Å². The highest BCUT2D eigenvalue weighted by atomic mass is 79.9. The number of halogens is 1. The summed E-state index contributed by atoms with van der Waals surface area (Å²) in [6.45, 7) is 3.87. The van der Waals surface area contributed by atoms with E-state index < -0.39 is 11.9 Å². The van der Waals surface area contributed by atoms with Gasteiger partial charge in [0.1, 0.15) is 5.69 Å². The van der Waals surface area contributed by atoms with Crippen molar-refractivity contribution in [2.24, 2.45) is 5.73 Å². The van der Waals surface area contributed by atoms with E-state index in [1.54, 1.807) is 5.32 Å². The van der Waals surface area contributed by atoms with Crippen LogP contribution in [0.5, 0.6) is 0 Å². The van der Waals surface area contributed by atoms with Crippen LogP contribution in [0.1, 0.15) is 11.4 Å². The maximum absolute atomic E-state index is 8.93. The summed E-state index contributed by atoms with van der Waals surface area (Å²) < 4.78 is 1.03. The van der Waals surface area contributed by atoms with E-state index in [9.17, 15) is 0 Å². The summed E-state index contributed by atoms with van der Waals surface area (Å²) in [5.74, 6) is -3.25. The number of carboxylic acid groups (broad SMARTS) is 2. The number of quaternary nitrogens is 1. The van der Waals surface area contributed by atoms with E-state index in [4.69, 9.17) is 25.5 Å². The molecule has 0 aliphatic heterocycles. The van der Waals surface area contributed by atoms with Gasteiger partial charge in [-0.25, -0.2) is 5.73 Å². The van der Waals surface area contributed by atoms with Gasteiger partial charge in [-0.15, -0.1) is 0 Å². The lowest BCUT2D eigenvalue weighted by Gasteiger charge is -1.98. The Morgan fingerprint density at radius 1 is 1.08 bits per heavy atom. The molecule has 0 spiro atoms. The average Bonchev–Trinajstić information content (AvgIpc) is 2.49. The highest BCUT2D eigenvalue weighted by molar-refractivity contribution is 9.10. The Morgan fingerprint density at radius 2 is 1.56 bits per heavy atom. The summed E-state index contributed by atoms with van der Waals surface area (Å²) in [5.41, 5.74) is 8.70. The second-order valence-electron chi connectivity index (χ2n) is 4.82. The van der Waals surface area contributed by atoms with Gasteiger partial charge >= 0.3 is 11.9 Å². The van der Waals surface area contributed by atoms with Crippen LogP contribution < -0.4 is 26.3 Å². The predicted molar refractivity (Wildman–Crippen MR) is 87.1 cm³/mol. The van der Waals surface area contributed by atoms with Crippen molar-refractivity contribution in [2.45, 2.75) is 13.8 Å². The molecule has 1 aromatic carbocycles. The SMILES string of the molecule is Cc1cc(C)nc([NH2+]C(N)=[NH+]c2ccc(Br)cc2)n1.O=C([O-])C(=O)[O-]. The molecule has 2 rings (SSSR count). The van der Waals surface area contributed by atoms with Crippen LogP contribution in [0.15, 0.2) is 34.8 Å². The second-order valence-corrected chi connectivity index (χ2v) is 5.73. The molecule has 0 aliphatic carbocycles. The Labute approximate surface area is 151 Å². The van der Waals surface area contributed by atoms with E-state index in [1.807, 2.05) is 44.2 Å². The number of hydrogen-bond donors (Lipinski definition) is 3. The number of benzene rings is 1. The number of aliphatic carboxylic acids is 2. The standard InChI is InChI=1S/C13H14BrN5.C2H2O4/c1-8-7-9(2)17-13(16-8)19-12(15)18-11-5-3-10(14)4-6-11;3-1(4)2(5)6/h3-7H,1-2H3,(H3,15,16,17,18,19);(H,3,4)(H,5,6). The molecule has 132 valence electrons. The van der Waals surface area contributed by atoms with Crippen LogP contribution in [-0.2, 0) is 9.59 Å². The lowest BCUT2D eigenvalue weighted by molar-refractivity contribution is -0.531. The highest BCUT2D eigenvalue weighted by Gasteiger charge is 2.10. The molecular formula is C15H16BrN5O4. The molecule has 10 heteroatoms. The fourth-order valence-electron chi connectivity index (χ4n) is 1.69. The van der Waals surface area contributed by atoms with Crippen molar-refractivity contribution in [3.05, 3.63) is 46.2 Å². The van der Waals surface area contributed by atoms with Crippen molar-refractivity contribution in [2.75, 3.05) is 0 Å². The van der Waals surface area contributed by atoms with Gasteiger partial charge in [-0.2, -0.15) is 20.3 Å². The van der Waals surface area contributed by atoms with Gasteiger partial charge in [0, 0.05) is 15.9 Å². The largest absolute Gasteiger partial charge is 0.543 e. The summed E-state index contributed by atoms with van der Waals surface area (Å²) in [7, 11) is 0. The number of rotatable bonds is 2. The summed E-state index contributed by atoms with van der Waals surface area (Å²) in [6.07, 6.45) is 0. The summed E-state index contributed by atoms with van der Waals surface area (Å²) in [5, 5.41) is 19.6. The molecule has 0 radical (unpaired) electrons. The number of nitrogens with two attached hydrogens (primary N) is 2. The van der Waals surface area contributed by atoms with Crippen molar-refractivity contribution in [3.63, 3.8) is 0 Å². The molecule has 0 bridgehead atoms. The number of carboxylic acids is 2. The Kier molecular flexibility index (Phi) is 7.63.